The van der Waals surface area contributed by atoms with E-state index in [1.807, 2.05) is 6.92 Å². The van der Waals surface area contributed by atoms with E-state index in [0.717, 1.165) is 6.42 Å². The van der Waals surface area contributed by atoms with Gasteiger partial charge in [0.2, 0.25) is 5.78 Å². The summed E-state index contributed by atoms with van der Waals surface area (Å²) < 4.78 is 1.58. The zero-order valence-electron chi connectivity index (χ0n) is 9.93. The number of hydrogen-bond donors (Lipinski definition) is 1. The van der Waals surface area contributed by atoms with Crippen LogP contribution in [0.2, 0.25) is 5.02 Å². The Balaban J connectivity index is 2.46. The number of anilines is 1. The lowest BCUT2D eigenvalue weighted by molar-refractivity contribution is 0.102. The first-order chi connectivity index (χ1) is 8.65. The number of carbonyl (C=O) groups is 1. The highest BCUT2D eigenvalue weighted by atomic mass is 35.5. The summed E-state index contributed by atoms with van der Waals surface area (Å²) in [4.78, 5) is 16.4. The minimum absolute atomic E-state index is 0.206. The molecule has 94 valence electrons. The molecule has 2 aromatic rings. The van der Waals surface area contributed by atoms with Crippen molar-refractivity contribution in [3.63, 3.8) is 0 Å². The zero-order chi connectivity index (χ0) is 13.1. The SMILES string of the molecule is CCCn1ncc(Cl)c1C(=O)c1ncccc1N. The van der Waals surface area contributed by atoms with Crippen LogP contribution in [-0.2, 0) is 6.54 Å². The maximum Gasteiger partial charge on any atom is 0.232 e. The Hall–Kier alpha value is -1.88. The van der Waals surface area contributed by atoms with Crippen LogP contribution in [0.5, 0.6) is 0 Å². The minimum atomic E-state index is -0.302. The number of ketones is 1. The molecule has 5 nitrogen and oxygen atoms in total. The van der Waals surface area contributed by atoms with Gasteiger partial charge in [0, 0.05) is 12.7 Å². The van der Waals surface area contributed by atoms with E-state index in [2.05, 4.69) is 10.1 Å². The fraction of sp³-hybridized carbons (Fsp3) is 0.250. The quantitative estimate of drug-likeness (QED) is 0.859. The lowest BCUT2D eigenvalue weighted by Crippen LogP contribution is -2.14. The molecule has 0 aliphatic carbocycles. The normalized spacial score (nSPS) is 10.6. The number of rotatable bonds is 4. The van der Waals surface area contributed by atoms with Crippen molar-refractivity contribution < 1.29 is 4.79 Å². The average molecular weight is 265 g/mol. The summed E-state index contributed by atoms with van der Waals surface area (Å²) in [5.74, 6) is -0.302. The molecule has 18 heavy (non-hydrogen) atoms. The Bertz CT molecular complexity index is 579. The Morgan fingerprint density at radius 3 is 3.00 bits per heavy atom. The molecule has 0 spiro atoms. The first-order valence-electron chi connectivity index (χ1n) is 5.61. The molecular formula is C12H13ClN4O. The third kappa shape index (κ3) is 2.22. The van der Waals surface area contributed by atoms with Crippen LogP contribution < -0.4 is 5.73 Å². The molecule has 0 radical (unpaired) electrons. The number of nitrogens with two attached hydrogens (primary N) is 1. The Labute approximate surface area is 110 Å². The van der Waals surface area contributed by atoms with Gasteiger partial charge >= 0.3 is 0 Å². The molecular weight excluding hydrogens is 252 g/mol. The van der Waals surface area contributed by atoms with Crippen LogP contribution in [0.15, 0.2) is 24.5 Å². The third-order valence-corrected chi connectivity index (χ3v) is 2.78. The second-order valence-corrected chi connectivity index (χ2v) is 4.24. The Morgan fingerprint density at radius 1 is 1.56 bits per heavy atom. The van der Waals surface area contributed by atoms with Gasteiger partial charge in [0.25, 0.3) is 0 Å². The van der Waals surface area contributed by atoms with Crippen molar-refractivity contribution in [1.82, 2.24) is 14.8 Å². The number of aromatic nitrogens is 3. The van der Waals surface area contributed by atoms with E-state index >= 15 is 0 Å². The lowest BCUT2D eigenvalue weighted by atomic mass is 10.1. The molecule has 0 unspecified atom stereocenters. The van der Waals surface area contributed by atoms with Crippen LogP contribution in [0.25, 0.3) is 0 Å². The fourth-order valence-electron chi connectivity index (χ4n) is 1.69. The molecule has 2 aromatic heterocycles. The van der Waals surface area contributed by atoms with Crippen molar-refractivity contribution >= 4 is 23.1 Å². The van der Waals surface area contributed by atoms with Crippen molar-refractivity contribution in [2.24, 2.45) is 0 Å². The molecule has 6 heteroatoms. The van der Waals surface area contributed by atoms with Gasteiger partial charge in [-0.05, 0) is 18.6 Å². The molecule has 0 atom stereocenters. The van der Waals surface area contributed by atoms with Gasteiger partial charge in [-0.1, -0.05) is 18.5 Å². The van der Waals surface area contributed by atoms with Gasteiger partial charge in [-0.2, -0.15) is 5.10 Å². The van der Waals surface area contributed by atoms with Gasteiger partial charge in [0.05, 0.1) is 16.9 Å². The van der Waals surface area contributed by atoms with E-state index in [0.29, 0.717) is 22.9 Å². The molecule has 2 heterocycles. The van der Waals surface area contributed by atoms with Gasteiger partial charge in [0.15, 0.2) is 0 Å². The van der Waals surface area contributed by atoms with E-state index < -0.39 is 0 Å². The second kappa shape index (κ2) is 5.18. The summed E-state index contributed by atoms with van der Waals surface area (Å²) in [6, 6.07) is 3.31. The largest absolute Gasteiger partial charge is 0.397 e. The van der Waals surface area contributed by atoms with E-state index in [-0.39, 0.29) is 11.5 Å². The lowest BCUT2D eigenvalue weighted by Gasteiger charge is -2.06. The van der Waals surface area contributed by atoms with E-state index in [1.165, 1.54) is 12.4 Å². The standard InChI is InChI=1S/C12H13ClN4O/c1-2-6-17-11(8(13)7-16-17)12(18)10-9(14)4-3-5-15-10/h3-5,7H,2,6,14H2,1H3. The summed E-state index contributed by atoms with van der Waals surface area (Å²) in [5.41, 5.74) is 6.62. The first-order valence-corrected chi connectivity index (χ1v) is 5.99. The minimum Gasteiger partial charge on any atom is -0.397 e. The highest BCUT2D eigenvalue weighted by Gasteiger charge is 2.21. The zero-order valence-corrected chi connectivity index (χ0v) is 10.7. The second-order valence-electron chi connectivity index (χ2n) is 3.83. The van der Waals surface area contributed by atoms with Crippen LogP contribution in [0.1, 0.15) is 29.5 Å². The third-order valence-electron chi connectivity index (χ3n) is 2.50. The number of hydrogen-bond acceptors (Lipinski definition) is 4. The molecule has 0 bridgehead atoms. The summed E-state index contributed by atoms with van der Waals surface area (Å²) in [5, 5.41) is 4.40. The van der Waals surface area contributed by atoms with Crippen LogP contribution in [0.3, 0.4) is 0 Å². The molecule has 0 aromatic carbocycles. The first kappa shape index (κ1) is 12.6. The monoisotopic (exact) mass is 264 g/mol. The summed E-state index contributed by atoms with van der Waals surface area (Å²) in [7, 11) is 0. The topological polar surface area (TPSA) is 73.8 Å². The summed E-state index contributed by atoms with van der Waals surface area (Å²) in [6.45, 7) is 2.62. The Kier molecular flexibility index (Phi) is 3.62. The van der Waals surface area contributed by atoms with Gasteiger partial charge in [-0.3, -0.25) is 14.5 Å². The number of nitrogens with zero attached hydrogens (tertiary/aromatic N) is 3. The average Bonchev–Trinajstić information content (AvgIpc) is 2.71. The number of halogens is 1. The molecule has 0 saturated heterocycles. The van der Waals surface area contributed by atoms with Crippen molar-refractivity contribution in [2.75, 3.05) is 5.73 Å². The molecule has 0 aliphatic rings. The van der Waals surface area contributed by atoms with Crippen LogP contribution in [0, 0.1) is 0 Å². The van der Waals surface area contributed by atoms with E-state index in [1.54, 1.807) is 16.8 Å². The Morgan fingerprint density at radius 2 is 2.33 bits per heavy atom. The van der Waals surface area contributed by atoms with Crippen molar-refractivity contribution in [3.05, 3.63) is 40.9 Å². The molecule has 0 amide bonds. The van der Waals surface area contributed by atoms with Crippen LogP contribution >= 0.6 is 11.6 Å². The van der Waals surface area contributed by atoms with Crippen LogP contribution in [-0.4, -0.2) is 20.5 Å². The fourth-order valence-corrected chi connectivity index (χ4v) is 1.92. The van der Waals surface area contributed by atoms with Gasteiger partial charge in [-0.25, -0.2) is 0 Å². The molecule has 2 N–H and O–H groups in total. The molecule has 0 aliphatic heterocycles. The summed E-state index contributed by atoms with van der Waals surface area (Å²) >= 11 is 6.01. The van der Waals surface area contributed by atoms with Gasteiger partial charge < -0.3 is 5.73 Å². The van der Waals surface area contributed by atoms with Crippen molar-refractivity contribution in [1.29, 1.82) is 0 Å². The van der Waals surface area contributed by atoms with Gasteiger partial charge in [0.1, 0.15) is 11.4 Å². The highest BCUT2D eigenvalue weighted by Crippen LogP contribution is 2.21. The predicted molar refractivity (Wildman–Crippen MR) is 69.6 cm³/mol. The number of pyridine rings is 1. The van der Waals surface area contributed by atoms with Crippen LogP contribution in [0.4, 0.5) is 5.69 Å². The number of nitrogen functional groups attached to an aromatic ring is 1. The smallest absolute Gasteiger partial charge is 0.232 e. The number of carbonyl (C=O) groups excluding carboxylic acids is 1. The van der Waals surface area contributed by atoms with E-state index in [9.17, 15) is 4.79 Å². The summed E-state index contributed by atoms with van der Waals surface area (Å²) in [6.07, 6.45) is 3.84. The molecule has 0 fully saturated rings. The highest BCUT2D eigenvalue weighted by molar-refractivity contribution is 6.34. The van der Waals surface area contributed by atoms with Crippen molar-refractivity contribution in [3.8, 4) is 0 Å². The van der Waals surface area contributed by atoms with Crippen molar-refractivity contribution in [2.45, 2.75) is 19.9 Å². The maximum atomic E-state index is 12.4. The molecule has 0 saturated carbocycles. The number of aryl methyl sites for hydroxylation is 1. The van der Waals surface area contributed by atoms with E-state index in [4.69, 9.17) is 17.3 Å². The molecule has 2 rings (SSSR count). The predicted octanol–water partition coefficient (Wildman–Crippen LogP) is 2.15. The maximum absolute atomic E-state index is 12.4. The van der Waals surface area contributed by atoms with Gasteiger partial charge in [-0.15, -0.1) is 0 Å².